The molecule has 0 saturated heterocycles. The van der Waals surface area contributed by atoms with Crippen LogP contribution in [0.5, 0.6) is 0 Å². The molecule has 0 radical (unpaired) electrons. The van der Waals surface area contributed by atoms with Crippen molar-refractivity contribution in [3.63, 3.8) is 0 Å². The van der Waals surface area contributed by atoms with Crippen molar-refractivity contribution in [3.8, 4) is 0 Å². The van der Waals surface area contributed by atoms with Crippen LogP contribution < -0.4 is 4.90 Å². The Kier molecular flexibility index (Phi) is 3.76. The van der Waals surface area contributed by atoms with E-state index >= 15 is 0 Å². The number of rotatable bonds is 2. The zero-order valence-electron chi connectivity index (χ0n) is 11.1. The fourth-order valence-corrected chi connectivity index (χ4v) is 2.91. The molecule has 5 heteroatoms. The molecule has 0 fully saturated rings. The van der Waals surface area contributed by atoms with Gasteiger partial charge in [0.1, 0.15) is 11.6 Å². The largest absolute Gasteiger partial charge is 0.308 e. The van der Waals surface area contributed by atoms with E-state index in [-0.39, 0.29) is 24.1 Å². The quantitative estimate of drug-likeness (QED) is 0.793. The molecular formula is C16H12BrF2NO. The number of halogens is 3. The molecule has 0 bridgehead atoms. The van der Waals surface area contributed by atoms with Crippen molar-refractivity contribution in [1.82, 2.24) is 0 Å². The van der Waals surface area contributed by atoms with E-state index in [9.17, 15) is 13.6 Å². The van der Waals surface area contributed by atoms with Crippen LogP contribution in [0, 0.1) is 11.6 Å². The third-order valence-corrected chi connectivity index (χ3v) is 4.50. The van der Waals surface area contributed by atoms with E-state index in [1.54, 1.807) is 18.2 Å². The van der Waals surface area contributed by atoms with Crippen LogP contribution >= 0.6 is 15.9 Å². The Morgan fingerprint density at radius 2 is 1.95 bits per heavy atom. The van der Waals surface area contributed by atoms with Crippen LogP contribution in [0.2, 0.25) is 0 Å². The normalized spacial score (nSPS) is 14.2. The summed E-state index contributed by atoms with van der Waals surface area (Å²) < 4.78 is 27.4. The number of amides is 1. The first-order valence-corrected chi connectivity index (χ1v) is 7.37. The number of aryl methyl sites for hydroxylation is 1. The molecule has 0 unspecified atom stereocenters. The molecule has 1 amide bonds. The van der Waals surface area contributed by atoms with Gasteiger partial charge in [0.05, 0.1) is 16.7 Å². The molecule has 2 aromatic rings. The van der Waals surface area contributed by atoms with Crippen molar-refractivity contribution >= 4 is 27.5 Å². The van der Waals surface area contributed by atoms with Crippen molar-refractivity contribution in [1.29, 1.82) is 0 Å². The standard InChI is InChI=1S/C16H12BrF2NO/c17-16-11(2-1-3-13(16)19)9-20-14-8-12(18)6-4-10(14)5-7-15(20)21/h1-4,6,8H,5,7,9H2. The molecular weight excluding hydrogens is 340 g/mol. The van der Waals surface area contributed by atoms with Gasteiger partial charge in [-0.15, -0.1) is 0 Å². The van der Waals surface area contributed by atoms with E-state index < -0.39 is 0 Å². The zero-order valence-corrected chi connectivity index (χ0v) is 12.7. The van der Waals surface area contributed by atoms with Gasteiger partial charge in [-0.1, -0.05) is 18.2 Å². The summed E-state index contributed by atoms with van der Waals surface area (Å²) >= 11 is 3.19. The van der Waals surface area contributed by atoms with E-state index in [0.29, 0.717) is 28.6 Å². The number of benzene rings is 2. The first-order chi connectivity index (χ1) is 10.1. The molecule has 1 aliphatic rings. The average Bonchev–Trinajstić information content (AvgIpc) is 2.46. The molecule has 108 valence electrons. The van der Waals surface area contributed by atoms with Crippen LogP contribution in [0.4, 0.5) is 14.5 Å². The fraction of sp³-hybridized carbons (Fsp3) is 0.188. The molecule has 1 aliphatic heterocycles. The maximum absolute atomic E-state index is 13.6. The van der Waals surface area contributed by atoms with Gasteiger partial charge in [0.15, 0.2) is 0 Å². The summed E-state index contributed by atoms with van der Waals surface area (Å²) in [5.74, 6) is -0.840. The van der Waals surface area contributed by atoms with E-state index in [1.165, 1.54) is 23.1 Å². The number of carbonyl (C=O) groups excluding carboxylic acids is 1. The molecule has 0 N–H and O–H groups in total. The number of anilines is 1. The Balaban J connectivity index is 2.00. The Labute approximate surface area is 129 Å². The highest BCUT2D eigenvalue weighted by Gasteiger charge is 2.25. The lowest BCUT2D eigenvalue weighted by Crippen LogP contribution is -2.34. The van der Waals surface area contributed by atoms with Crippen LogP contribution in [-0.4, -0.2) is 5.91 Å². The van der Waals surface area contributed by atoms with Gasteiger partial charge in [-0.3, -0.25) is 4.79 Å². The van der Waals surface area contributed by atoms with E-state index in [2.05, 4.69) is 15.9 Å². The van der Waals surface area contributed by atoms with Crippen molar-refractivity contribution in [2.24, 2.45) is 0 Å². The highest BCUT2D eigenvalue weighted by atomic mass is 79.9. The molecule has 0 saturated carbocycles. The average molecular weight is 352 g/mol. The number of hydrogen-bond acceptors (Lipinski definition) is 1. The molecule has 2 nitrogen and oxygen atoms in total. The second kappa shape index (κ2) is 5.56. The predicted octanol–water partition coefficient (Wildman–Crippen LogP) is 4.21. The molecule has 1 heterocycles. The number of hydrogen-bond donors (Lipinski definition) is 0. The van der Waals surface area contributed by atoms with Gasteiger partial charge in [0, 0.05) is 6.42 Å². The Bertz CT molecular complexity index is 717. The number of carbonyl (C=O) groups is 1. The maximum Gasteiger partial charge on any atom is 0.227 e. The van der Waals surface area contributed by atoms with Crippen LogP contribution in [0.15, 0.2) is 40.9 Å². The lowest BCUT2D eigenvalue weighted by molar-refractivity contribution is -0.119. The Hall–Kier alpha value is -1.75. The Morgan fingerprint density at radius 1 is 1.14 bits per heavy atom. The third-order valence-electron chi connectivity index (χ3n) is 3.61. The monoisotopic (exact) mass is 351 g/mol. The van der Waals surface area contributed by atoms with Crippen LogP contribution in [0.3, 0.4) is 0 Å². The summed E-state index contributed by atoms with van der Waals surface area (Å²) in [5.41, 5.74) is 2.16. The van der Waals surface area contributed by atoms with E-state index in [4.69, 9.17) is 0 Å². The van der Waals surface area contributed by atoms with Gasteiger partial charge in [0.2, 0.25) is 5.91 Å². The molecule has 21 heavy (non-hydrogen) atoms. The van der Waals surface area contributed by atoms with Gasteiger partial charge in [-0.25, -0.2) is 8.78 Å². The van der Waals surface area contributed by atoms with Gasteiger partial charge in [-0.2, -0.15) is 0 Å². The summed E-state index contributed by atoms with van der Waals surface area (Å²) in [6.45, 7) is 0.216. The van der Waals surface area contributed by atoms with Crippen molar-refractivity contribution < 1.29 is 13.6 Å². The first-order valence-electron chi connectivity index (χ1n) is 6.58. The minimum Gasteiger partial charge on any atom is -0.308 e. The zero-order chi connectivity index (χ0) is 15.0. The number of nitrogens with zero attached hydrogens (tertiary/aromatic N) is 1. The van der Waals surface area contributed by atoms with Crippen molar-refractivity contribution in [2.75, 3.05) is 4.90 Å². The molecule has 2 aromatic carbocycles. The van der Waals surface area contributed by atoms with Crippen LogP contribution in [0.25, 0.3) is 0 Å². The summed E-state index contributed by atoms with van der Waals surface area (Å²) in [4.78, 5) is 13.7. The fourth-order valence-electron chi connectivity index (χ4n) is 2.52. The van der Waals surface area contributed by atoms with Crippen LogP contribution in [0.1, 0.15) is 17.5 Å². The predicted molar refractivity (Wildman–Crippen MR) is 80.0 cm³/mol. The maximum atomic E-state index is 13.6. The van der Waals surface area contributed by atoms with Gasteiger partial charge >= 0.3 is 0 Å². The lowest BCUT2D eigenvalue weighted by atomic mass is 10.0. The first kappa shape index (κ1) is 14.2. The lowest BCUT2D eigenvalue weighted by Gasteiger charge is -2.30. The van der Waals surface area contributed by atoms with Crippen LogP contribution in [-0.2, 0) is 17.8 Å². The summed E-state index contributed by atoms with van der Waals surface area (Å²) in [6, 6.07) is 9.14. The van der Waals surface area contributed by atoms with E-state index in [0.717, 1.165) is 5.56 Å². The highest BCUT2D eigenvalue weighted by Crippen LogP contribution is 2.31. The second-order valence-corrected chi connectivity index (χ2v) is 5.76. The summed E-state index contributed by atoms with van der Waals surface area (Å²) in [6.07, 6.45) is 0.987. The molecule has 0 spiro atoms. The summed E-state index contributed by atoms with van der Waals surface area (Å²) in [7, 11) is 0. The van der Waals surface area contributed by atoms with Crippen molar-refractivity contribution in [3.05, 3.63) is 63.6 Å². The highest BCUT2D eigenvalue weighted by molar-refractivity contribution is 9.10. The van der Waals surface area contributed by atoms with Gasteiger partial charge < -0.3 is 4.90 Å². The smallest absolute Gasteiger partial charge is 0.227 e. The third kappa shape index (κ3) is 2.70. The Morgan fingerprint density at radius 3 is 2.76 bits per heavy atom. The topological polar surface area (TPSA) is 20.3 Å². The molecule has 0 aromatic heterocycles. The van der Waals surface area contributed by atoms with Crippen molar-refractivity contribution in [2.45, 2.75) is 19.4 Å². The van der Waals surface area contributed by atoms with Gasteiger partial charge in [0.25, 0.3) is 0 Å². The minimum atomic E-state index is -0.383. The molecule has 0 atom stereocenters. The molecule has 3 rings (SSSR count). The minimum absolute atomic E-state index is 0.0794. The van der Waals surface area contributed by atoms with E-state index in [1.807, 2.05) is 0 Å². The second-order valence-electron chi connectivity index (χ2n) is 4.97. The van der Waals surface area contributed by atoms with Gasteiger partial charge in [-0.05, 0) is 51.7 Å². The summed E-state index contributed by atoms with van der Waals surface area (Å²) in [5, 5.41) is 0. The SMILES string of the molecule is O=C1CCc2ccc(F)cc2N1Cc1cccc(F)c1Br. The number of fused-ring (bicyclic) bond motifs is 1. The molecule has 0 aliphatic carbocycles.